The van der Waals surface area contributed by atoms with Crippen molar-refractivity contribution in [1.82, 2.24) is 18.7 Å². The van der Waals surface area contributed by atoms with E-state index in [-0.39, 0.29) is 23.7 Å². The van der Waals surface area contributed by atoms with Gasteiger partial charge in [0.25, 0.3) is 5.56 Å². The molecule has 12 heteroatoms. The molecule has 0 aliphatic carbocycles. The Kier molecular flexibility index (Phi) is 6.86. The number of benzene rings is 2. The average molecular weight is 517 g/mol. The first-order chi connectivity index (χ1) is 16.7. The highest BCUT2D eigenvalue weighted by Crippen LogP contribution is 2.25. The molecule has 0 unspecified atom stereocenters. The Morgan fingerprint density at radius 3 is 2.49 bits per heavy atom. The van der Waals surface area contributed by atoms with Crippen LogP contribution in [0.5, 0.6) is 11.5 Å². The molecule has 4 rings (SSSR count). The zero-order chi connectivity index (χ0) is 25.3. The zero-order valence-corrected chi connectivity index (χ0v) is 20.9. The third kappa shape index (κ3) is 4.62. The van der Waals surface area contributed by atoms with E-state index in [0.717, 1.165) is 10.1 Å². The summed E-state index contributed by atoms with van der Waals surface area (Å²) in [6.07, 6.45) is 1.55. The van der Waals surface area contributed by atoms with E-state index in [1.165, 1.54) is 11.6 Å². The predicted molar refractivity (Wildman–Crippen MR) is 137 cm³/mol. The molecule has 0 radical (unpaired) electrons. The highest BCUT2D eigenvalue weighted by molar-refractivity contribution is 6.42. The number of halogens is 2. The zero-order valence-electron chi connectivity index (χ0n) is 19.4. The second kappa shape index (κ2) is 9.85. The fourth-order valence-electron chi connectivity index (χ4n) is 3.59. The lowest BCUT2D eigenvalue weighted by atomic mass is 10.2. The van der Waals surface area contributed by atoms with Crippen LogP contribution in [0.25, 0.3) is 11.2 Å². The summed E-state index contributed by atoms with van der Waals surface area (Å²) in [4.78, 5) is 30.0. The molecule has 2 aromatic carbocycles. The van der Waals surface area contributed by atoms with Gasteiger partial charge in [-0.3, -0.25) is 18.5 Å². The number of ether oxygens (including phenoxy) is 2. The van der Waals surface area contributed by atoms with Crippen LogP contribution < -0.4 is 26.1 Å². The molecule has 1 N–H and O–H groups in total. The van der Waals surface area contributed by atoms with Gasteiger partial charge in [0.2, 0.25) is 5.95 Å². The second-order valence-corrected chi connectivity index (χ2v) is 8.44. The Morgan fingerprint density at radius 2 is 1.80 bits per heavy atom. The van der Waals surface area contributed by atoms with Crippen molar-refractivity contribution in [2.45, 2.75) is 6.54 Å². The lowest BCUT2D eigenvalue weighted by Crippen LogP contribution is -2.37. The number of hydrogen-bond donors (Lipinski definition) is 1. The summed E-state index contributed by atoms with van der Waals surface area (Å²) in [7, 11) is 6.09. The quantitative estimate of drug-likeness (QED) is 0.298. The van der Waals surface area contributed by atoms with Gasteiger partial charge < -0.3 is 9.47 Å². The number of rotatable bonds is 7. The van der Waals surface area contributed by atoms with Crippen LogP contribution in [-0.4, -0.2) is 39.1 Å². The predicted octanol–water partition coefficient (Wildman–Crippen LogP) is 3.25. The monoisotopic (exact) mass is 516 g/mol. The first kappa shape index (κ1) is 24.4. The number of fused-ring (bicyclic) bond motifs is 1. The summed E-state index contributed by atoms with van der Waals surface area (Å²) in [6.45, 7) is 0.227. The van der Waals surface area contributed by atoms with Crippen molar-refractivity contribution in [2.24, 2.45) is 19.2 Å². The highest BCUT2D eigenvalue weighted by atomic mass is 35.5. The van der Waals surface area contributed by atoms with Crippen LogP contribution >= 0.6 is 23.2 Å². The minimum atomic E-state index is -0.486. The van der Waals surface area contributed by atoms with E-state index >= 15 is 0 Å². The van der Waals surface area contributed by atoms with Gasteiger partial charge in [-0.2, -0.15) is 10.1 Å². The van der Waals surface area contributed by atoms with Crippen molar-refractivity contribution in [1.29, 1.82) is 0 Å². The van der Waals surface area contributed by atoms with Crippen molar-refractivity contribution < 1.29 is 9.47 Å². The van der Waals surface area contributed by atoms with Gasteiger partial charge in [0.1, 0.15) is 11.5 Å². The van der Waals surface area contributed by atoms with Gasteiger partial charge >= 0.3 is 5.69 Å². The summed E-state index contributed by atoms with van der Waals surface area (Å²) in [6, 6.07) is 10.5. The van der Waals surface area contributed by atoms with Gasteiger partial charge in [0.05, 0.1) is 37.0 Å². The molecule has 0 atom stereocenters. The van der Waals surface area contributed by atoms with Crippen LogP contribution in [0.15, 0.2) is 51.1 Å². The molecule has 10 nitrogen and oxygen atoms in total. The van der Waals surface area contributed by atoms with Crippen LogP contribution in [0, 0.1) is 0 Å². The van der Waals surface area contributed by atoms with Crippen molar-refractivity contribution in [3.63, 3.8) is 0 Å². The Morgan fingerprint density at radius 1 is 1.03 bits per heavy atom. The Balaban J connectivity index is 1.80. The highest BCUT2D eigenvalue weighted by Gasteiger charge is 2.19. The van der Waals surface area contributed by atoms with Gasteiger partial charge in [-0.05, 0) is 29.8 Å². The van der Waals surface area contributed by atoms with Crippen molar-refractivity contribution in [3.05, 3.63) is 78.4 Å². The molecule has 0 amide bonds. The number of nitrogens with zero attached hydrogens (tertiary/aromatic N) is 5. The summed E-state index contributed by atoms with van der Waals surface area (Å²) in [5, 5.41) is 5.09. The normalized spacial score (nSPS) is 11.4. The third-order valence-electron chi connectivity index (χ3n) is 5.48. The van der Waals surface area contributed by atoms with Crippen LogP contribution in [0.2, 0.25) is 10.0 Å². The largest absolute Gasteiger partial charge is 0.497 e. The van der Waals surface area contributed by atoms with Crippen LogP contribution in [0.4, 0.5) is 5.95 Å². The van der Waals surface area contributed by atoms with E-state index in [4.69, 9.17) is 32.7 Å². The van der Waals surface area contributed by atoms with Crippen molar-refractivity contribution in [3.8, 4) is 11.5 Å². The first-order valence-corrected chi connectivity index (χ1v) is 11.1. The van der Waals surface area contributed by atoms with Gasteiger partial charge in [-0.15, -0.1) is 0 Å². The van der Waals surface area contributed by atoms with Crippen molar-refractivity contribution >= 4 is 46.5 Å². The first-order valence-electron chi connectivity index (χ1n) is 10.4. The number of hydrogen-bond acceptors (Lipinski definition) is 7. The standard InChI is InChI=1S/C23H22Cl2N6O4/c1-29-20-19(21(32)30(2)23(29)33)31(12-13-5-8-16(24)17(25)9-13)22(27-20)28-26-11-14-6-7-15(34-3)10-18(14)35-4/h5-11H,12H2,1-4H3,(H,27,28). The van der Waals surface area contributed by atoms with E-state index in [1.807, 2.05) is 0 Å². The minimum absolute atomic E-state index is 0.220. The lowest BCUT2D eigenvalue weighted by molar-refractivity contribution is 0.394. The van der Waals surface area contributed by atoms with Crippen LogP contribution in [-0.2, 0) is 20.6 Å². The number of aryl methyl sites for hydroxylation is 1. The lowest BCUT2D eigenvalue weighted by Gasteiger charge is -2.10. The maximum Gasteiger partial charge on any atom is 0.332 e. The Bertz CT molecular complexity index is 1570. The fourth-order valence-corrected chi connectivity index (χ4v) is 3.91. The topological polar surface area (TPSA) is 105 Å². The van der Waals surface area contributed by atoms with E-state index in [0.29, 0.717) is 27.1 Å². The number of nitrogens with one attached hydrogen (secondary N) is 1. The third-order valence-corrected chi connectivity index (χ3v) is 6.22. The van der Waals surface area contributed by atoms with Gasteiger partial charge in [0.15, 0.2) is 11.2 Å². The van der Waals surface area contributed by atoms with Gasteiger partial charge in [0, 0.05) is 25.7 Å². The molecule has 0 bridgehead atoms. The molecule has 0 saturated heterocycles. The number of aromatic nitrogens is 4. The molecule has 0 aliphatic rings. The number of anilines is 1. The fraction of sp³-hybridized carbons (Fsp3) is 0.217. The molecular weight excluding hydrogens is 495 g/mol. The molecule has 2 aromatic heterocycles. The Labute approximate surface area is 209 Å². The SMILES string of the molecule is COc1ccc(C=NNc2nc3c(c(=O)n(C)c(=O)n3C)n2Cc2ccc(Cl)c(Cl)c2)c(OC)c1. The summed E-state index contributed by atoms with van der Waals surface area (Å²) < 4.78 is 14.6. The average Bonchev–Trinajstić information content (AvgIpc) is 3.21. The van der Waals surface area contributed by atoms with Gasteiger partial charge in [-0.25, -0.2) is 10.2 Å². The van der Waals surface area contributed by atoms with Crippen molar-refractivity contribution in [2.75, 3.05) is 19.6 Å². The second-order valence-electron chi connectivity index (χ2n) is 7.63. The summed E-state index contributed by atoms with van der Waals surface area (Å²) in [5.41, 5.74) is 3.84. The molecule has 0 aliphatic heterocycles. The Hall–Kier alpha value is -3.76. The molecule has 0 fully saturated rings. The molecule has 0 spiro atoms. The van der Waals surface area contributed by atoms with Gasteiger partial charge in [-0.1, -0.05) is 29.3 Å². The van der Waals surface area contributed by atoms with Crippen LogP contribution in [0.3, 0.4) is 0 Å². The molecule has 2 heterocycles. The van der Waals surface area contributed by atoms with E-state index in [2.05, 4.69) is 15.5 Å². The van der Waals surface area contributed by atoms with E-state index in [9.17, 15) is 9.59 Å². The van der Waals surface area contributed by atoms with Crippen LogP contribution in [0.1, 0.15) is 11.1 Å². The number of hydrazone groups is 1. The maximum atomic E-state index is 13.0. The summed E-state index contributed by atoms with van der Waals surface area (Å²) >= 11 is 12.2. The molecule has 4 aromatic rings. The molecular formula is C23H22Cl2N6O4. The number of methoxy groups -OCH3 is 2. The molecule has 182 valence electrons. The van der Waals surface area contributed by atoms with E-state index < -0.39 is 11.2 Å². The smallest absolute Gasteiger partial charge is 0.332 e. The molecule has 35 heavy (non-hydrogen) atoms. The maximum absolute atomic E-state index is 13.0. The van der Waals surface area contributed by atoms with E-state index in [1.54, 1.807) is 68.4 Å². The minimum Gasteiger partial charge on any atom is -0.497 e. The number of imidazole rings is 1. The summed E-state index contributed by atoms with van der Waals surface area (Å²) in [5.74, 6) is 1.47. The molecule has 0 saturated carbocycles.